The van der Waals surface area contributed by atoms with E-state index >= 15 is 0 Å². The molecule has 6 nitrogen and oxygen atoms in total. The van der Waals surface area contributed by atoms with Crippen molar-refractivity contribution in [2.75, 3.05) is 0 Å². The summed E-state index contributed by atoms with van der Waals surface area (Å²) in [6, 6.07) is 3.53. The molecule has 2 amide bonds. The number of nitrogens with zero attached hydrogens (tertiary/aromatic N) is 2. The molecule has 0 aromatic heterocycles. The third kappa shape index (κ3) is 1.71. The van der Waals surface area contributed by atoms with Gasteiger partial charge in [0.1, 0.15) is 0 Å². The van der Waals surface area contributed by atoms with Crippen LogP contribution >= 0.6 is 0 Å². The number of nitro groups is 1. The van der Waals surface area contributed by atoms with Crippen molar-refractivity contribution in [2.45, 2.75) is 0 Å². The van der Waals surface area contributed by atoms with Crippen LogP contribution in [0.1, 0.15) is 20.7 Å². The number of carbonyl (C=O) groups is 2. The molecule has 0 radical (unpaired) electrons. The van der Waals surface area contributed by atoms with Crippen LogP contribution in [0.2, 0.25) is 0 Å². The van der Waals surface area contributed by atoms with Crippen molar-refractivity contribution < 1.29 is 40.7 Å². The van der Waals surface area contributed by atoms with Crippen LogP contribution in [-0.4, -0.2) is 21.6 Å². The molecule has 0 aliphatic carbocycles. The maximum atomic E-state index is 11.4. The Morgan fingerprint density at radius 2 is 1.75 bits per heavy atom. The summed E-state index contributed by atoms with van der Waals surface area (Å²) >= 11 is 0. The Bertz CT molecular complexity index is 500. The number of carbonyl (C=O) groups excluding carboxylic acids is 2. The van der Waals surface area contributed by atoms with Crippen molar-refractivity contribution in [1.29, 1.82) is 0 Å². The zero-order valence-electron chi connectivity index (χ0n) is 7.97. The van der Waals surface area contributed by atoms with Crippen LogP contribution in [0.15, 0.2) is 18.2 Å². The summed E-state index contributed by atoms with van der Waals surface area (Å²) in [7, 11) is 3.25. The van der Waals surface area contributed by atoms with E-state index in [0.29, 0.717) is 4.90 Å². The van der Waals surface area contributed by atoms with Gasteiger partial charge in [-0.15, -0.1) is 0 Å². The fourth-order valence-electron chi connectivity index (χ4n) is 1.39. The largest absolute Gasteiger partial charge is 0.430 e. The van der Waals surface area contributed by atoms with Crippen LogP contribution in [0.3, 0.4) is 0 Å². The van der Waals surface area contributed by atoms with Crippen LogP contribution < -0.4 is 0 Å². The van der Waals surface area contributed by atoms with Crippen molar-refractivity contribution in [2.24, 2.45) is 0 Å². The predicted octanol–water partition coefficient (Wildman–Crippen LogP) is 0.980. The van der Waals surface area contributed by atoms with E-state index < -0.39 is 16.7 Å². The van der Waals surface area contributed by atoms with Crippen LogP contribution in [0, 0.1) is 17.2 Å². The van der Waals surface area contributed by atoms with Gasteiger partial charge in [0.05, 0.1) is 16.1 Å². The predicted molar refractivity (Wildman–Crippen MR) is 49.0 cm³/mol. The van der Waals surface area contributed by atoms with E-state index in [4.69, 9.17) is 0 Å². The summed E-state index contributed by atoms with van der Waals surface area (Å²) in [5.74, 6) is -1.15. The van der Waals surface area contributed by atoms with Gasteiger partial charge in [-0.25, -0.2) is 7.05 Å². The van der Waals surface area contributed by atoms with Gasteiger partial charge in [0, 0.05) is 38.3 Å². The van der Waals surface area contributed by atoms with Crippen molar-refractivity contribution in [3.05, 3.63) is 46.5 Å². The van der Waals surface area contributed by atoms with Gasteiger partial charge in [-0.05, 0) is 6.07 Å². The maximum absolute atomic E-state index is 11.4. The van der Waals surface area contributed by atoms with Crippen LogP contribution in [0.4, 0.5) is 5.69 Å². The summed E-state index contributed by atoms with van der Waals surface area (Å²) in [6.07, 6.45) is 0. The molecule has 1 heterocycles. The molecule has 16 heavy (non-hydrogen) atoms. The first-order valence-corrected chi connectivity index (χ1v) is 4.00. The first-order chi connectivity index (χ1) is 7.02. The molecular weight excluding hydrogens is 291 g/mol. The molecular formula is C9H5N2O4Zr-. The number of nitro benzene ring substituents is 1. The van der Waals surface area contributed by atoms with Gasteiger partial charge in [-0.2, -0.15) is 0 Å². The van der Waals surface area contributed by atoms with Crippen molar-refractivity contribution in [3.63, 3.8) is 0 Å². The Kier molecular flexibility index (Phi) is 3.38. The van der Waals surface area contributed by atoms with E-state index in [1.807, 2.05) is 0 Å². The van der Waals surface area contributed by atoms with E-state index in [1.165, 1.54) is 12.1 Å². The second kappa shape index (κ2) is 4.25. The van der Waals surface area contributed by atoms with Gasteiger partial charge in [0.15, 0.2) is 0 Å². The Balaban J connectivity index is 0.00000128. The van der Waals surface area contributed by atoms with Gasteiger partial charge in [0.25, 0.3) is 5.69 Å². The van der Waals surface area contributed by atoms with Crippen molar-refractivity contribution >= 4 is 17.5 Å². The molecule has 80 valence electrons. The SMILES string of the molecule is [CH2-]N1C(=O)c2ccc([N+](=O)[O-])cc2C1=O.[Zr]. The molecule has 1 aliphatic heterocycles. The first-order valence-electron chi connectivity index (χ1n) is 4.00. The normalized spacial score (nSPS) is 13.4. The number of non-ortho nitro benzene ring substituents is 1. The van der Waals surface area contributed by atoms with Gasteiger partial charge in [-0.1, -0.05) is 0 Å². The number of fused-ring (bicyclic) bond motifs is 1. The summed E-state index contributed by atoms with van der Waals surface area (Å²) in [6.45, 7) is 0. The third-order valence-corrected chi connectivity index (χ3v) is 2.17. The quantitative estimate of drug-likeness (QED) is 0.335. The van der Waals surface area contributed by atoms with E-state index in [0.717, 1.165) is 6.07 Å². The number of rotatable bonds is 1. The fourth-order valence-corrected chi connectivity index (χ4v) is 1.39. The van der Waals surface area contributed by atoms with Gasteiger partial charge in [-0.3, -0.25) is 19.7 Å². The molecule has 0 bridgehead atoms. The molecule has 0 spiro atoms. The fraction of sp³-hybridized carbons (Fsp3) is 0. The Hall–Kier alpha value is -1.36. The van der Waals surface area contributed by atoms with E-state index in [1.54, 1.807) is 0 Å². The van der Waals surface area contributed by atoms with Crippen LogP contribution in [0.5, 0.6) is 0 Å². The topological polar surface area (TPSA) is 80.5 Å². The first kappa shape index (κ1) is 12.7. The van der Waals surface area contributed by atoms with Crippen LogP contribution in [0.25, 0.3) is 0 Å². The molecule has 0 unspecified atom stereocenters. The van der Waals surface area contributed by atoms with E-state index in [-0.39, 0.29) is 43.0 Å². The molecule has 7 heteroatoms. The standard InChI is InChI=1S/C9H5N2O4.Zr/c1-10-8(12)6-3-2-5(11(14)15)4-7(6)9(10)13;/h2-4H,1H2;/q-1;. The zero-order valence-corrected chi connectivity index (χ0v) is 10.4. The second-order valence-electron chi connectivity index (χ2n) is 3.03. The summed E-state index contributed by atoms with van der Waals surface area (Å²) in [5.41, 5.74) is -0.0324. The molecule has 1 aromatic rings. The van der Waals surface area contributed by atoms with Crippen molar-refractivity contribution in [1.82, 2.24) is 4.90 Å². The molecule has 1 aliphatic rings. The molecule has 0 saturated heterocycles. The van der Waals surface area contributed by atoms with Crippen molar-refractivity contribution in [3.8, 4) is 0 Å². The zero-order chi connectivity index (χ0) is 11.2. The smallest absolute Gasteiger partial charge is 0.270 e. The number of hydrogen-bond acceptors (Lipinski definition) is 4. The van der Waals surface area contributed by atoms with E-state index in [2.05, 4.69) is 7.05 Å². The van der Waals surface area contributed by atoms with E-state index in [9.17, 15) is 19.7 Å². The molecule has 0 saturated carbocycles. The summed E-state index contributed by atoms with van der Waals surface area (Å²) in [4.78, 5) is 33.3. The second-order valence-corrected chi connectivity index (χ2v) is 3.03. The number of amides is 2. The molecule has 1 aromatic carbocycles. The molecule has 0 atom stereocenters. The van der Waals surface area contributed by atoms with Gasteiger partial charge in [0.2, 0.25) is 11.8 Å². The summed E-state index contributed by atoms with van der Waals surface area (Å²) < 4.78 is 0. The number of benzene rings is 1. The van der Waals surface area contributed by atoms with Gasteiger partial charge >= 0.3 is 0 Å². The average Bonchev–Trinajstić information content (AvgIpc) is 2.44. The van der Waals surface area contributed by atoms with Crippen LogP contribution in [-0.2, 0) is 26.2 Å². The minimum atomic E-state index is -0.621. The molecule has 2 rings (SSSR count). The summed E-state index contributed by atoms with van der Waals surface area (Å²) in [5, 5.41) is 10.5. The Morgan fingerprint density at radius 1 is 1.19 bits per heavy atom. The Labute approximate surface area is 110 Å². The maximum Gasteiger partial charge on any atom is 0.270 e. The molecule has 0 N–H and O–H groups in total. The van der Waals surface area contributed by atoms with Gasteiger partial charge < -0.3 is 4.90 Å². The number of imide groups is 1. The minimum absolute atomic E-state index is 0. The monoisotopic (exact) mass is 295 g/mol. The average molecular weight is 296 g/mol. The number of hydrogen-bond donors (Lipinski definition) is 0. The molecule has 0 fully saturated rings. The Morgan fingerprint density at radius 3 is 2.31 bits per heavy atom. The third-order valence-electron chi connectivity index (χ3n) is 2.17. The minimum Gasteiger partial charge on any atom is -0.430 e.